The molecule has 0 aliphatic carbocycles. The van der Waals surface area contributed by atoms with Crippen LogP contribution < -0.4 is 0 Å². The van der Waals surface area contributed by atoms with E-state index in [4.69, 9.17) is 0 Å². The third kappa shape index (κ3) is 4.66. The highest BCUT2D eigenvalue weighted by Gasteiger charge is 2.29. The maximum atomic E-state index is 11.5. The Hall–Kier alpha value is 0.300. The van der Waals surface area contributed by atoms with Gasteiger partial charge in [0.25, 0.3) is 0 Å². The van der Waals surface area contributed by atoms with Crippen LogP contribution in [0.3, 0.4) is 0 Å². The van der Waals surface area contributed by atoms with Gasteiger partial charge in [0.2, 0.25) is 0 Å². The molecule has 0 amide bonds. The van der Waals surface area contributed by atoms with Crippen molar-refractivity contribution in [1.82, 2.24) is 0 Å². The first-order valence-corrected chi connectivity index (χ1v) is 12.0. The molecule has 0 aromatic carbocycles. The normalized spacial score (nSPS) is 35.0. The minimum absolute atomic E-state index is 0.239. The van der Waals surface area contributed by atoms with Gasteiger partial charge in [0.1, 0.15) is 9.84 Å². The summed E-state index contributed by atoms with van der Waals surface area (Å²) in [5.74, 6) is 8.43. The van der Waals surface area contributed by atoms with Crippen LogP contribution in [0.2, 0.25) is 0 Å². The Labute approximate surface area is 128 Å². The monoisotopic (exact) mass is 320 g/mol. The predicted molar refractivity (Wildman–Crippen MR) is 91.7 cm³/mol. The predicted octanol–water partition coefficient (Wildman–Crippen LogP) is 3.51. The van der Waals surface area contributed by atoms with Crippen molar-refractivity contribution in [2.75, 3.05) is 28.8 Å². The Morgan fingerprint density at radius 2 is 1.50 bits per heavy atom. The first-order valence-electron chi connectivity index (χ1n) is 8.30. The van der Waals surface area contributed by atoms with Crippen LogP contribution in [0.15, 0.2) is 0 Å². The Morgan fingerprint density at radius 3 is 2.00 bits per heavy atom. The number of thiol groups is 1. The van der Waals surface area contributed by atoms with Crippen LogP contribution in [0.5, 0.6) is 0 Å². The van der Waals surface area contributed by atoms with E-state index in [0.29, 0.717) is 17.4 Å². The Bertz CT molecular complexity index is 381. The summed E-state index contributed by atoms with van der Waals surface area (Å²) in [6, 6.07) is 0. The molecular weight excluding hydrogens is 288 g/mol. The Kier molecular flexibility index (Phi) is 5.87. The van der Waals surface area contributed by atoms with Crippen LogP contribution in [0.4, 0.5) is 0 Å². The number of hydrogen-bond acceptors (Lipinski definition) is 2. The van der Waals surface area contributed by atoms with Crippen LogP contribution in [0.25, 0.3) is 0 Å². The van der Waals surface area contributed by atoms with Gasteiger partial charge in [-0.3, -0.25) is 10.9 Å². The van der Waals surface area contributed by atoms with Crippen molar-refractivity contribution in [1.29, 1.82) is 0 Å². The molecule has 0 radical (unpaired) electrons. The molecule has 2 rings (SSSR count). The summed E-state index contributed by atoms with van der Waals surface area (Å²) in [4.78, 5) is 0. The fraction of sp³-hybridized carbons (Fsp3) is 1.00. The van der Waals surface area contributed by atoms with Gasteiger partial charge in [0, 0.05) is 0 Å². The molecule has 20 heavy (non-hydrogen) atoms. The molecule has 2 fully saturated rings. The molecule has 2 heterocycles. The summed E-state index contributed by atoms with van der Waals surface area (Å²) in [6.07, 6.45) is 4.72. The number of hydrogen-bond donors (Lipinski definition) is 1. The molecule has 2 saturated heterocycles. The van der Waals surface area contributed by atoms with E-state index in [-0.39, 0.29) is 10.9 Å². The fourth-order valence-electron chi connectivity index (χ4n) is 3.84. The topological polar surface area (TPSA) is 34.1 Å². The molecule has 0 saturated carbocycles. The van der Waals surface area contributed by atoms with Crippen LogP contribution in [0, 0.1) is 23.7 Å². The highest BCUT2D eigenvalue weighted by atomic mass is 32.2. The maximum Gasteiger partial charge on any atom is 0.150 e. The lowest BCUT2D eigenvalue weighted by atomic mass is 9.90. The lowest BCUT2D eigenvalue weighted by molar-refractivity contribution is 0.348. The van der Waals surface area contributed by atoms with Gasteiger partial charge in [0.05, 0.1) is 11.5 Å². The molecule has 120 valence electrons. The maximum absolute atomic E-state index is 11.5. The van der Waals surface area contributed by atoms with E-state index in [1.54, 1.807) is 0 Å². The zero-order valence-electron chi connectivity index (χ0n) is 13.3. The molecule has 2 aliphatic heterocycles. The number of sulfone groups is 1. The minimum atomic E-state index is -2.69. The van der Waals surface area contributed by atoms with Crippen molar-refractivity contribution in [2.45, 2.75) is 46.5 Å². The van der Waals surface area contributed by atoms with E-state index in [9.17, 15) is 8.42 Å². The lowest BCUT2D eigenvalue weighted by Crippen LogP contribution is -2.29. The molecule has 2 aliphatic rings. The summed E-state index contributed by atoms with van der Waals surface area (Å²) in [7, 11) is -2.45. The average Bonchev–Trinajstić information content (AvgIpc) is 2.39. The van der Waals surface area contributed by atoms with E-state index < -0.39 is 9.84 Å². The minimum Gasteiger partial charge on any atom is -0.253 e. The van der Waals surface area contributed by atoms with Crippen LogP contribution in [-0.2, 0) is 9.84 Å². The van der Waals surface area contributed by atoms with Crippen molar-refractivity contribution in [3.8, 4) is 0 Å². The molecule has 1 unspecified atom stereocenters. The first-order chi connectivity index (χ1) is 9.37. The second-order valence-electron chi connectivity index (χ2n) is 7.35. The van der Waals surface area contributed by atoms with Gasteiger partial charge in [-0.2, -0.15) is 0 Å². The van der Waals surface area contributed by atoms with Crippen molar-refractivity contribution >= 4 is 20.7 Å². The standard InChI is InChI=1S/C16H32O2S2/c1-13(2)15-4-8-19(9-5-15)12-14(3)16-6-10-20(17,18)11-7-16/h13-16,19H,4-12H2,1-3H3. The molecule has 0 spiro atoms. The summed E-state index contributed by atoms with van der Waals surface area (Å²) in [5.41, 5.74) is 0. The van der Waals surface area contributed by atoms with E-state index in [1.807, 2.05) is 0 Å². The van der Waals surface area contributed by atoms with Gasteiger partial charge in [-0.15, -0.1) is 0 Å². The summed E-state index contributed by atoms with van der Waals surface area (Å²) in [5, 5.41) is 0. The van der Waals surface area contributed by atoms with Gasteiger partial charge in [0.15, 0.2) is 0 Å². The molecule has 1 atom stereocenters. The second-order valence-corrected chi connectivity index (χ2v) is 12.3. The van der Waals surface area contributed by atoms with Crippen LogP contribution in [0.1, 0.15) is 46.5 Å². The second kappa shape index (κ2) is 7.04. The van der Waals surface area contributed by atoms with E-state index in [2.05, 4.69) is 20.8 Å². The summed E-state index contributed by atoms with van der Waals surface area (Å²) >= 11 is 0. The van der Waals surface area contributed by atoms with Gasteiger partial charge < -0.3 is 0 Å². The first kappa shape index (κ1) is 16.7. The zero-order chi connectivity index (χ0) is 14.8. The highest BCUT2D eigenvalue weighted by Crippen LogP contribution is 2.41. The molecule has 4 heteroatoms. The zero-order valence-corrected chi connectivity index (χ0v) is 15.1. The average molecular weight is 321 g/mol. The lowest BCUT2D eigenvalue weighted by Gasteiger charge is -2.37. The third-order valence-corrected chi connectivity index (χ3v) is 10.1. The highest BCUT2D eigenvalue weighted by molar-refractivity contribution is 8.17. The van der Waals surface area contributed by atoms with Crippen LogP contribution >= 0.6 is 10.9 Å². The van der Waals surface area contributed by atoms with Gasteiger partial charge in [-0.25, -0.2) is 8.42 Å². The molecular formula is C16H32O2S2. The Morgan fingerprint density at radius 1 is 0.950 bits per heavy atom. The fourth-order valence-corrected chi connectivity index (χ4v) is 8.46. The van der Waals surface area contributed by atoms with Gasteiger partial charge in [-0.1, -0.05) is 20.8 Å². The molecule has 0 N–H and O–H groups in total. The summed E-state index contributed by atoms with van der Waals surface area (Å²) in [6.45, 7) is 7.10. The van der Waals surface area contributed by atoms with Crippen molar-refractivity contribution in [3.63, 3.8) is 0 Å². The molecule has 2 nitrogen and oxygen atoms in total. The molecule has 0 bridgehead atoms. The van der Waals surface area contributed by atoms with Gasteiger partial charge in [-0.05, 0) is 66.6 Å². The SMILES string of the molecule is CC(C)C1CC[SH](CC(C)C2CCS(=O)(=O)CC2)CC1. The molecule has 0 aromatic rings. The summed E-state index contributed by atoms with van der Waals surface area (Å²) < 4.78 is 23.0. The van der Waals surface area contributed by atoms with E-state index in [0.717, 1.165) is 30.6 Å². The van der Waals surface area contributed by atoms with Crippen LogP contribution in [-0.4, -0.2) is 37.2 Å². The number of rotatable bonds is 4. The smallest absolute Gasteiger partial charge is 0.150 e. The largest absolute Gasteiger partial charge is 0.253 e. The van der Waals surface area contributed by atoms with Crippen molar-refractivity contribution < 1.29 is 8.42 Å². The van der Waals surface area contributed by atoms with E-state index in [1.165, 1.54) is 30.1 Å². The van der Waals surface area contributed by atoms with Crippen molar-refractivity contribution in [3.05, 3.63) is 0 Å². The molecule has 0 aromatic heterocycles. The third-order valence-electron chi connectivity index (χ3n) is 5.53. The van der Waals surface area contributed by atoms with E-state index >= 15 is 0 Å². The quantitative estimate of drug-likeness (QED) is 0.804. The Balaban J connectivity index is 1.74. The van der Waals surface area contributed by atoms with Crippen molar-refractivity contribution in [2.24, 2.45) is 23.7 Å². The van der Waals surface area contributed by atoms with Gasteiger partial charge >= 0.3 is 0 Å².